The van der Waals surface area contributed by atoms with Gasteiger partial charge in [0.1, 0.15) is 5.75 Å². The van der Waals surface area contributed by atoms with E-state index >= 15 is 0 Å². The largest absolute Gasteiger partial charge is 0.496 e. The fourth-order valence-electron chi connectivity index (χ4n) is 4.00. The molecule has 1 atom stereocenters. The number of hydrogen-bond acceptors (Lipinski definition) is 4. The van der Waals surface area contributed by atoms with Gasteiger partial charge >= 0.3 is 0 Å². The maximum atomic E-state index is 12.5. The Bertz CT molecular complexity index is 628. The predicted octanol–water partition coefficient (Wildman–Crippen LogP) is 1.90. The van der Waals surface area contributed by atoms with Crippen molar-refractivity contribution in [2.45, 2.75) is 38.1 Å². The fraction of sp³-hybridized carbons (Fsp3) is 0.600. The normalized spacial score (nSPS) is 21.3. The highest BCUT2D eigenvalue weighted by Gasteiger charge is 2.26. The van der Waals surface area contributed by atoms with Crippen LogP contribution in [0.25, 0.3) is 0 Å². The Hall–Kier alpha value is -2.08. The van der Waals surface area contributed by atoms with E-state index in [4.69, 9.17) is 4.74 Å². The molecule has 0 spiro atoms. The fourth-order valence-corrected chi connectivity index (χ4v) is 4.00. The van der Waals surface area contributed by atoms with Crippen molar-refractivity contribution in [2.24, 2.45) is 0 Å². The Kier molecular flexibility index (Phi) is 6.50. The van der Waals surface area contributed by atoms with Crippen LogP contribution in [0.1, 0.15) is 42.5 Å². The van der Waals surface area contributed by atoms with E-state index in [1.165, 1.54) is 33.0 Å². The Morgan fingerprint density at radius 2 is 1.85 bits per heavy atom. The third-order valence-electron chi connectivity index (χ3n) is 5.46. The van der Waals surface area contributed by atoms with E-state index < -0.39 is 0 Å². The summed E-state index contributed by atoms with van der Waals surface area (Å²) in [5.41, 5.74) is 0.452. The summed E-state index contributed by atoms with van der Waals surface area (Å²) in [4.78, 5) is 29.4. The summed E-state index contributed by atoms with van der Waals surface area (Å²) in [7, 11) is 1.53. The van der Waals surface area contributed by atoms with Crippen LogP contribution in [0.5, 0.6) is 5.75 Å². The van der Waals surface area contributed by atoms with Gasteiger partial charge in [0.25, 0.3) is 5.91 Å². The monoisotopic (exact) mass is 359 g/mol. The molecular formula is C20H29N3O3. The highest BCUT2D eigenvalue weighted by molar-refractivity contribution is 5.98. The van der Waals surface area contributed by atoms with Gasteiger partial charge in [-0.3, -0.25) is 9.59 Å². The van der Waals surface area contributed by atoms with Crippen LogP contribution in [-0.4, -0.2) is 67.5 Å². The summed E-state index contributed by atoms with van der Waals surface area (Å²) in [6.07, 6.45) is 5.83. The van der Waals surface area contributed by atoms with Gasteiger partial charge in [0.05, 0.1) is 19.2 Å². The lowest BCUT2D eigenvalue weighted by Gasteiger charge is -2.26. The average molecular weight is 359 g/mol. The Balaban J connectivity index is 1.49. The maximum Gasteiger partial charge on any atom is 0.255 e. The van der Waals surface area contributed by atoms with Crippen LogP contribution in [0.3, 0.4) is 0 Å². The van der Waals surface area contributed by atoms with Gasteiger partial charge in [-0.1, -0.05) is 12.1 Å². The molecule has 0 saturated carbocycles. The molecule has 2 fully saturated rings. The van der Waals surface area contributed by atoms with Gasteiger partial charge < -0.3 is 19.9 Å². The second-order valence-corrected chi connectivity index (χ2v) is 7.09. The molecule has 3 rings (SSSR count). The number of hydrogen-bond donors (Lipinski definition) is 1. The molecule has 2 aliphatic heterocycles. The minimum absolute atomic E-state index is 0.00433. The first-order valence-electron chi connectivity index (χ1n) is 9.62. The van der Waals surface area contributed by atoms with Crippen LogP contribution in [0.4, 0.5) is 0 Å². The van der Waals surface area contributed by atoms with Gasteiger partial charge in [-0.15, -0.1) is 0 Å². The van der Waals surface area contributed by atoms with Crippen molar-refractivity contribution in [2.75, 3.05) is 39.8 Å². The molecule has 6 heteroatoms. The van der Waals surface area contributed by atoms with Crippen molar-refractivity contribution in [1.82, 2.24) is 15.1 Å². The third kappa shape index (κ3) is 4.55. The first kappa shape index (κ1) is 18.7. The van der Waals surface area contributed by atoms with Crippen molar-refractivity contribution in [3.8, 4) is 5.75 Å². The first-order chi connectivity index (χ1) is 12.7. The van der Waals surface area contributed by atoms with Crippen molar-refractivity contribution in [3.05, 3.63) is 29.8 Å². The number of methoxy groups -OCH3 is 1. The molecule has 1 aromatic rings. The van der Waals surface area contributed by atoms with Gasteiger partial charge in [0.15, 0.2) is 0 Å². The van der Waals surface area contributed by atoms with Gasteiger partial charge in [-0.25, -0.2) is 0 Å². The number of nitrogens with one attached hydrogen (secondary N) is 1. The Labute approximate surface area is 155 Å². The minimum atomic E-state index is -0.277. The van der Waals surface area contributed by atoms with Crippen LogP contribution in [-0.2, 0) is 4.79 Å². The molecule has 0 bridgehead atoms. The highest BCUT2D eigenvalue weighted by atomic mass is 16.5. The molecule has 2 aliphatic rings. The summed E-state index contributed by atoms with van der Waals surface area (Å²) in [5.74, 6) is 0.233. The van der Waals surface area contributed by atoms with Gasteiger partial charge in [0.2, 0.25) is 5.91 Å². The van der Waals surface area contributed by atoms with E-state index in [-0.39, 0.29) is 18.4 Å². The van der Waals surface area contributed by atoms with Crippen molar-refractivity contribution in [1.29, 1.82) is 0 Å². The number of nitrogens with zero attached hydrogens (tertiary/aromatic N) is 2. The predicted molar refractivity (Wildman–Crippen MR) is 100 cm³/mol. The standard InChI is InChI=1S/C20H29N3O3/c1-26-18-9-3-2-8-17(18)20(25)21-15-19(24)23-13-6-7-16(10-14-23)22-11-4-5-12-22/h2-3,8-9,16H,4-7,10-15H2,1H3,(H,21,25). The molecule has 0 aromatic heterocycles. The number of amides is 2. The van der Waals surface area contributed by atoms with Crippen molar-refractivity contribution >= 4 is 11.8 Å². The molecule has 1 unspecified atom stereocenters. The zero-order valence-electron chi connectivity index (χ0n) is 15.6. The number of carbonyl (C=O) groups excluding carboxylic acids is 2. The lowest BCUT2D eigenvalue weighted by atomic mass is 10.1. The second kappa shape index (κ2) is 9.03. The second-order valence-electron chi connectivity index (χ2n) is 7.09. The summed E-state index contributed by atoms with van der Waals surface area (Å²) in [5, 5.41) is 2.74. The quantitative estimate of drug-likeness (QED) is 0.872. The molecule has 1 N–H and O–H groups in total. The Morgan fingerprint density at radius 1 is 1.08 bits per heavy atom. The molecule has 6 nitrogen and oxygen atoms in total. The van der Waals surface area contributed by atoms with E-state index in [2.05, 4.69) is 10.2 Å². The van der Waals surface area contributed by atoms with E-state index in [1.54, 1.807) is 18.2 Å². The summed E-state index contributed by atoms with van der Waals surface area (Å²) >= 11 is 0. The van der Waals surface area contributed by atoms with Crippen LogP contribution in [0, 0.1) is 0 Å². The van der Waals surface area contributed by atoms with Crippen LogP contribution < -0.4 is 10.1 Å². The topological polar surface area (TPSA) is 61.9 Å². The zero-order chi connectivity index (χ0) is 18.4. The number of rotatable bonds is 5. The summed E-state index contributed by atoms with van der Waals surface area (Å²) < 4.78 is 5.21. The zero-order valence-corrected chi connectivity index (χ0v) is 15.6. The lowest BCUT2D eigenvalue weighted by molar-refractivity contribution is -0.130. The molecule has 142 valence electrons. The van der Waals surface area contributed by atoms with Gasteiger partial charge in [-0.2, -0.15) is 0 Å². The molecule has 0 radical (unpaired) electrons. The minimum Gasteiger partial charge on any atom is -0.496 e. The number of likely N-dealkylation sites (tertiary alicyclic amines) is 2. The number of benzene rings is 1. The number of ether oxygens (including phenoxy) is 1. The van der Waals surface area contributed by atoms with Crippen LogP contribution >= 0.6 is 0 Å². The number of para-hydroxylation sites is 1. The molecule has 26 heavy (non-hydrogen) atoms. The van der Waals surface area contributed by atoms with E-state index in [0.717, 1.165) is 32.4 Å². The molecule has 0 aliphatic carbocycles. The van der Waals surface area contributed by atoms with E-state index in [0.29, 0.717) is 17.4 Å². The molecule has 2 saturated heterocycles. The SMILES string of the molecule is COc1ccccc1C(=O)NCC(=O)N1CCCC(N2CCCC2)CC1. The van der Waals surface area contributed by atoms with Crippen molar-refractivity contribution < 1.29 is 14.3 Å². The molecule has 2 amide bonds. The van der Waals surface area contributed by atoms with E-state index in [1.807, 2.05) is 11.0 Å². The third-order valence-corrected chi connectivity index (χ3v) is 5.46. The Morgan fingerprint density at radius 3 is 2.62 bits per heavy atom. The van der Waals surface area contributed by atoms with Crippen LogP contribution in [0.2, 0.25) is 0 Å². The lowest BCUT2D eigenvalue weighted by Crippen LogP contribution is -2.41. The average Bonchev–Trinajstić information content (AvgIpc) is 3.10. The van der Waals surface area contributed by atoms with E-state index in [9.17, 15) is 9.59 Å². The molecule has 2 heterocycles. The smallest absolute Gasteiger partial charge is 0.255 e. The number of carbonyl (C=O) groups is 2. The van der Waals surface area contributed by atoms with Crippen LogP contribution in [0.15, 0.2) is 24.3 Å². The van der Waals surface area contributed by atoms with Gasteiger partial charge in [-0.05, 0) is 57.3 Å². The molecule has 1 aromatic carbocycles. The van der Waals surface area contributed by atoms with Crippen molar-refractivity contribution in [3.63, 3.8) is 0 Å². The van der Waals surface area contributed by atoms with Gasteiger partial charge in [0, 0.05) is 19.1 Å². The molecular weight excluding hydrogens is 330 g/mol. The summed E-state index contributed by atoms with van der Waals surface area (Å²) in [6.45, 7) is 4.00. The summed E-state index contributed by atoms with van der Waals surface area (Å²) in [6, 6.07) is 7.65. The first-order valence-corrected chi connectivity index (χ1v) is 9.62. The maximum absolute atomic E-state index is 12.5. The highest BCUT2D eigenvalue weighted by Crippen LogP contribution is 2.21.